The van der Waals surface area contributed by atoms with Crippen LogP contribution < -0.4 is 5.32 Å². The molecule has 1 aromatic heterocycles. The van der Waals surface area contributed by atoms with Crippen LogP contribution >= 0.6 is 0 Å². The van der Waals surface area contributed by atoms with E-state index >= 15 is 0 Å². The second-order valence-corrected chi connectivity index (χ2v) is 5.62. The van der Waals surface area contributed by atoms with Gasteiger partial charge in [-0.1, -0.05) is 19.3 Å². The van der Waals surface area contributed by atoms with Gasteiger partial charge in [-0.15, -0.1) is 0 Å². The van der Waals surface area contributed by atoms with Gasteiger partial charge in [0.2, 0.25) is 0 Å². The lowest BCUT2D eigenvalue weighted by atomic mass is 9.89. The third-order valence-corrected chi connectivity index (χ3v) is 4.42. The average molecular weight is 233 g/mol. The van der Waals surface area contributed by atoms with Gasteiger partial charge in [0.25, 0.3) is 0 Å². The molecule has 3 rings (SSSR count). The molecule has 1 N–H and O–H groups in total. The van der Waals surface area contributed by atoms with E-state index in [0.29, 0.717) is 6.04 Å². The molecule has 1 atom stereocenters. The first-order chi connectivity index (χ1) is 8.34. The van der Waals surface area contributed by atoms with Crippen molar-refractivity contribution in [1.29, 1.82) is 0 Å². The number of rotatable bonds is 2. The largest absolute Gasteiger partial charge is 0.307 e. The maximum Gasteiger partial charge on any atom is 0.0540 e. The zero-order chi connectivity index (χ0) is 11.7. The van der Waals surface area contributed by atoms with Gasteiger partial charge in [0.1, 0.15) is 0 Å². The van der Waals surface area contributed by atoms with Crippen LogP contribution in [0.2, 0.25) is 0 Å². The van der Waals surface area contributed by atoms with E-state index in [1.807, 2.05) is 0 Å². The zero-order valence-corrected chi connectivity index (χ0v) is 10.8. The fraction of sp³-hybridized carbons (Fsp3) is 0.786. The van der Waals surface area contributed by atoms with E-state index in [0.717, 1.165) is 6.04 Å². The van der Waals surface area contributed by atoms with Crippen molar-refractivity contribution in [3.05, 3.63) is 17.5 Å². The zero-order valence-electron chi connectivity index (χ0n) is 10.8. The fourth-order valence-electron chi connectivity index (χ4n) is 3.43. The summed E-state index contributed by atoms with van der Waals surface area (Å²) in [6.45, 7) is 0. The van der Waals surface area contributed by atoms with Crippen LogP contribution in [0.4, 0.5) is 0 Å². The first kappa shape index (κ1) is 11.3. The van der Waals surface area contributed by atoms with Gasteiger partial charge in [-0.05, 0) is 32.1 Å². The predicted molar refractivity (Wildman–Crippen MR) is 68.9 cm³/mol. The summed E-state index contributed by atoms with van der Waals surface area (Å²) in [6.07, 6.45) is 12.9. The molecule has 1 fully saturated rings. The van der Waals surface area contributed by atoms with Crippen LogP contribution in [0.5, 0.6) is 0 Å². The maximum absolute atomic E-state index is 4.42. The van der Waals surface area contributed by atoms with Crippen molar-refractivity contribution in [3.63, 3.8) is 0 Å². The van der Waals surface area contributed by atoms with E-state index < -0.39 is 0 Å². The first-order valence-electron chi connectivity index (χ1n) is 7.11. The van der Waals surface area contributed by atoms with Gasteiger partial charge in [0.15, 0.2) is 0 Å². The van der Waals surface area contributed by atoms with E-state index in [1.165, 1.54) is 62.6 Å². The molecule has 0 saturated heterocycles. The second kappa shape index (κ2) is 4.81. The Bertz CT molecular complexity index is 377. The molecule has 2 aliphatic carbocycles. The molecule has 1 aromatic rings. The summed E-state index contributed by atoms with van der Waals surface area (Å²) in [4.78, 5) is 0. The third-order valence-electron chi connectivity index (χ3n) is 4.42. The Balaban J connectivity index is 1.71. The lowest BCUT2D eigenvalue weighted by Gasteiger charge is -2.31. The Hall–Kier alpha value is -0.830. The van der Waals surface area contributed by atoms with Gasteiger partial charge in [0, 0.05) is 30.4 Å². The molecule has 94 valence electrons. The van der Waals surface area contributed by atoms with Crippen LogP contribution in [0.15, 0.2) is 6.20 Å². The predicted octanol–water partition coefficient (Wildman–Crippen LogP) is 2.72. The van der Waals surface area contributed by atoms with Gasteiger partial charge in [0.05, 0.1) is 6.20 Å². The summed E-state index contributed by atoms with van der Waals surface area (Å²) in [6, 6.07) is 1.32. The molecule has 0 aliphatic heterocycles. The minimum atomic E-state index is 0.565. The molecule has 17 heavy (non-hydrogen) atoms. The highest BCUT2D eigenvalue weighted by Gasteiger charge is 2.25. The molecule has 1 unspecified atom stereocenters. The van der Waals surface area contributed by atoms with Crippen LogP contribution in [0.3, 0.4) is 0 Å². The van der Waals surface area contributed by atoms with Crippen LogP contribution in [-0.2, 0) is 13.5 Å². The molecule has 0 spiro atoms. The first-order valence-corrected chi connectivity index (χ1v) is 7.11. The van der Waals surface area contributed by atoms with Crippen LogP contribution in [0, 0.1) is 0 Å². The number of nitrogens with zero attached hydrogens (tertiary/aromatic N) is 2. The Morgan fingerprint density at radius 1 is 1.18 bits per heavy atom. The lowest BCUT2D eigenvalue weighted by molar-refractivity contribution is 0.320. The summed E-state index contributed by atoms with van der Waals surface area (Å²) in [7, 11) is 2.07. The fourth-order valence-corrected chi connectivity index (χ4v) is 3.43. The minimum Gasteiger partial charge on any atom is -0.307 e. The summed E-state index contributed by atoms with van der Waals surface area (Å²) >= 11 is 0. The molecule has 2 aliphatic rings. The lowest BCUT2D eigenvalue weighted by Crippen LogP contribution is -2.35. The van der Waals surface area contributed by atoms with Gasteiger partial charge in [-0.2, -0.15) is 5.10 Å². The highest BCUT2D eigenvalue weighted by Crippen LogP contribution is 2.31. The Kier molecular flexibility index (Phi) is 3.19. The maximum atomic E-state index is 4.42. The topological polar surface area (TPSA) is 29.9 Å². The summed E-state index contributed by atoms with van der Waals surface area (Å²) in [5.74, 6) is 0. The third kappa shape index (κ3) is 2.25. The van der Waals surface area contributed by atoms with E-state index in [9.17, 15) is 0 Å². The van der Waals surface area contributed by atoms with Crippen LogP contribution in [0.1, 0.15) is 62.2 Å². The van der Waals surface area contributed by atoms with E-state index in [2.05, 4.69) is 28.3 Å². The second-order valence-electron chi connectivity index (χ2n) is 5.62. The summed E-state index contributed by atoms with van der Waals surface area (Å²) < 4.78 is 2.06. The molecular formula is C14H23N3. The van der Waals surface area contributed by atoms with Crippen molar-refractivity contribution in [2.24, 2.45) is 7.05 Å². The van der Waals surface area contributed by atoms with Crippen LogP contribution in [-0.4, -0.2) is 15.8 Å². The van der Waals surface area contributed by atoms with E-state index in [4.69, 9.17) is 0 Å². The molecule has 3 heteroatoms. The highest BCUT2D eigenvalue weighted by atomic mass is 15.3. The molecule has 0 amide bonds. The standard InChI is InChI=1S/C14H23N3/c1-17-14-9-5-8-13(12(14)10-15-17)16-11-6-3-2-4-7-11/h10-11,13,16H,2-9H2,1H3. The Labute approximate surface area is 104 Å². The minimum absolute atomic E-state index is 0.565. The molecule has 1 saturated carbocycles. The summed E-state index contributed by atoms with van der Waals surface area (Å²) in [5.41, 5.74) is 2.91. The molecular weight excluding hydrogens is 210 g/mol. The molecule has 0 radical (unpaired) electrons. The van der Waals surface area contributed by atoms with Crippen molar-refractivity contribution in [1.82, 2.24) is 15.1 Å². The number of hydrogen-bond acceptors (Lipinski definition) is 2. The van der Waals surface area contributed by atoms with Gasteiger partial charge in [-0.25, -0.2) is 0 Å². The molecule has 1 heterocycles. The van der Waals surface area contributed by atoms with Gasteiger partial charge < -0.3 is 5.32 Å². The molecule has 3 nitrogen and oxygen atoms in total. The van der Waals surface area contributed by atoms with Gasteiger partial charge in [-0.3, -0.25) is 4.68 Å². The van der Waals surface area contributed by atoms with Crippen LogP contribution in [0.25, 0.3) is 0 Å². The number of aromatic nitrogens is 2. The van der Waals surface area contributed by atoms with Crippen molar-refractivity contribution < 1.29 is 0 Å². The monoisotopic (exact) mass is 233 g/mol. The number of aryl methyl sites for hydroxylation is 1. The van der Waals surface area contributed by atoms with Crippen molar-refractivity contribution in [2.45, 2.75) is 63.5 Å². The molecule has 0 bridgehead atoms. The molecule has 0 aromatic carbocycles. The van der Waals surface area contributed by atoms with E-state index in [1.54, 1.807) is 0 Å². The average Bonchev–Trinajstić information content (AvgIpc) is 2.74. The Morgan fingerprint density at radius 2 is 2.00 bits per heavy atom. The van der Waals surface area contributed by atoms with Crippen molar-refractivity contribution >= 4 is 0 Å². The van der Waals surface area contributed by atoms with Crippen molar-refractivity contribution in [2.75, 3.05) is 0 Å². The van der Waals surface area contributed by atoms with Gasteiger partial charge >= 0.3 is 0 Å². The van der Waals surface area contributed by atoms with E-state index in [-0.39, 0.29) is 0 Å². The number of nitrogens with one attached hydrogen (secondary N) is 1. The SMILES string of the molecule is Cn1ncc2c1CCCC2NC1CCCCC1. The highest BCUT2D eigenvalue weighted by molar-refractivity contribution is 5.24. The normalized spacial score (nSPS) is 25.8. The summed E-state index contributed by atoms with van der Waals surface area (Å²) in [5, 5.41) is 8.29. The number of fused-ring (bicyclic) bond motifs is 1. The number of hydrogen-bond donors (Lipinski definition) is 1. The van der Waals surface area contributed by atoms with Crippen molar-refractivity contribution in [3.8, 4) is 0 Å². The smallest absolute Gasteiger partial charge is 0.0540 e. The quantitative estimate of drug-likeness (QED) is 0.851. The Morgan fingerprint density at radius 3 is 2.82 bits per heavy atom.